The van der Waals surface area contributed by atoms with Crippen LogP contribution in [0.3, 0.4) is 0 Å². The van der Waals surface area contributed by atoms with E-state index in [1.54, 1.807) is 0 Å². The van der Waals surface area contributed by atoms with E-state index in [9.17, 15) is 20.2 Å². The normalized spacial score (nSPS) is 13.8. The summed E-state index contributed by atoms with van der Waals surface area (Å²) in [5.41, 5.74) is 1.19. The molecule has 2 heterocycles. The Morgan fingerprint density at radius 1 is 0.821 bits per heavy atom. The van der Waals surface area contributed by atoms with Gasteiger partial charge in [-0.15, -0.1) is 35.0 Å². The summed E-state index contributed by atoms with van der Waals surface area (Å²) < 4.78 is 5.67. The number of nitro benzene ring substituents is 2. The number of hydrogen-bond acceptors (Lipinski definition) is 10. The minimum absolute atomic E-state index is 0. The van der Waals surface area contributed by atoms with Crippen molar-refractivity contribution in [2.45, 2.75) is 43.2 Å². The van der Waals surface area contributed by atoms with Crippen molar-refractivity contribution >= 4 is 48.0 Å². The van der Waals surface area contributed by atoms with Crippen LogP contribution in [-0.4, -0.2) is 62.6 Å². The lowest BCUT2D eigenvalue weighted by molar-refractivity contribution is -0.394. The zero-order valence-corrected chi connectivity index (χ0v) is 23.8. The van der Waals surface area contributed by atoms with Crippen LogP contribution >= 0.6 is 36.6 Å². The van der Waals surface area contributed by atoms with Gasteiger partial charge >= 0.3 is 0 Å². The number of nitrogens with zero attached hydrogens (tertiary/aromatic N) is 6. The molecule has 212 valence electrons. The van der Waals surface area contributed by atoms with Gasteiger partial charge in [0.1, 0.15) is 0 Å². The average molecular weight is 600 g/mol. The molecule has 0 saturated carbocycles. The number of halogens is 2. The Morgan fingerprint density at radius 3 is 2.10 bits per heavy atom. The van der Waals surface area contributed by atoms with Crippen LogP contribution in [0.2, 0.25) is 0 Å². The molecule has 39 heavy (non-hydrogen) atoms. The lowest BCUT2D eigenvalue weighted by Gasteiger charge is -2.34. The third kappa shape index (κ3) is 10.4. The Morgan fingerprint density at radius 2 is 1.46 bits per heavy atom. The van der Waals surface area contributed by atoms with Gasteiger partial charge in [-0.2, -0.15) is 0 Å². The molecular weight excluding hydrogens is 567 g/mol. The molecule has 0 atom stereocenters. The molecule has 3 aromatic rings. The van der Waals surface area contributed by atoms with Crippen LogP contribution in [0.1, 0.15) is 36.3 Å². The van der Waals surface area contributed by atoms with Gasteiger partial charge in [-0.25, -0.2) is 0 Å². The highest BCUT2D eigenvalue weighted by Gasteiger charge is 2.18. The van der Waals surface area contributed by atoms with Crippen molar-refractivity contribution in [1.82, 2.24) is 20.0 Å². The van der Waals surface area contributed by atoms with E-state index in [-0.39, 0.29) is 41.9 Å². The molecule has 4 rings (SSSR count). The SMILES string of the molecule is Cl.Cl.O=[N+]([O-])c1cc(CSc2nnc(CCCCCN3CCN(Cc4ccccc4)CC3)o2)cc([N+](=O)[O-])c1. The van der Waals surface area contributed by atoms with E-state index in [1.807, 2.05) is 0 Å². The fourth-order valence-electron chi connectivity index (χ4n) is 4.29. The summed E-state index contributed by atoms with van der Waals surface area (Å²) in [6.45, 7) is 6.52. The van der Waals surface area contributed by atoms with E-state index in [1.165, 1.54) is 29.5 Å². The molecule has 0 bridgehead atoms. The molecule has 1 saturated heterocycles. The van der Waals surface area contributed by atoms with Gasteiger partial charge in [0.15, 0.2) is 0 Å². The van der Waals surface area contributed by atoms with Crippen molar-refractivity contribution in [2.75, 3.05) is 32.7 Å². The second-order valence-electron chi connectivity index (χ2n) is 9.04. The number of benzene rings is 2. The molecule has 0 N–H and O–H groups in total. The van der Waals surface area contributed by atoms with Crippen LogP contribution in [0.15, 0.2) is 58.2 Å². The number of nitro groups is 2. The van der Waals surface area contributed by atoms with Crippen molar-refractivity contribution in [2.24, 2.45) is 0 Å². The molecular formula is C25H32Cl2N6O5S. The highest BCUT2D eigenvalue weighted by atomic mass is 35.5. The Bertz CT molecular complexity index is 1160. The van der Waals surface area contributed by atoms with Crippen LogP contribution in [0.4, 0.5) is 11.4 Å². The average Bonchev–Trinajstić information content (AvgIpc) is 3.36. The molecule has 0 unspecified atom stereocenters. The van der Waals surface area contributed by atoms with E-state index in [0.29, 0.717) is 23.1 Å². The maximum Gasteiger partial charge on any atom is 0.276 e. The first kappa shape index (κ1) is 32.4. The van der Waals surface area contributed by atoms with Crippen molar-refractivity contribution in [3.05, 3.63) is 85.8 Å². The lowest BCUT2D eigenvalue weighted by atomic mass is 10.1. The molecule has 1 aliphatic heterocycles. The summed E-state index contributed by atoms with van der Waals surface area (Å²) in [5, 5.41) is 30.5. The predicted octanol–water partition coefficient (Wildman–Crippen LogP) is 5.55. The van der Waals surface area contributed by atoms with Crippen LogP contribution in [0.25, 0.3) is 0 Å². The van der Waals surface area contributed by atoms with Gasteiger partial charge in [0.05, 0.1) is 15.9 Å². The maximum absolute atomic E-state index is 11.0. The summed E-state index contributed by atoms with van der Waals surface area (Å²) in [6, 6.07) is 14.2. The summed E-state index contributed by atoms with van der Waals surface area (Å²) in [6.07, 6.45) is 3.85. The van der Waals surface area contributed by atoms with E-state index in [4.69, 9.17) is 4.42 Å². The van der Waals surface area contributed by atoms with Crippen LogP contribution in [0, 0.1) is 20.2 Å². The largest absolute Gasteiger partial charge is 0.416 e. The van der Waals surface area contributed by atoms with Crippen LogP contribution in [-0.2, 0) is 18.7 Å². The first-order chi connectivity index (χ1) is 18.0. The predicted molar refractivity (Wildman–Crippen MR) is 154 cm³/mol. The van der Waals surface area contributed by atoms with E-state index in [2.05, 4.69) is 50.3 Å². The highest BCUT2D eigenvalue weighted by Crippen LogP contribution is 2.28. The highest BCUT2D eigenvalue weighted by molar-refractivity contribution is 7.98. The zero-order valence-electron chi connectivity index (χ0n) is 21.3. The molecule has 0 aliphatic carbocycles. The van der Waals surface area contributed by atoms with Gasteiger partial charge in [-0.05, 0) is 30.5 Å². The van der Waals surface area contributed by atoms with Gasteiger partial charge in [0.2, 0.25) is 5.89 Å². The molecule has 1 aromatic heterocycles. The summed E-state index contributed by atoms with van der Waals surface area (Å²) in [4.78, 5) is 25.9. The number of non-ortho nitro benzene ring substituents is 2. The summed E-state index contributed by atoms with van der Waals surface area (Å²) >= 11 is 1.20. The van der Waals surface area contributed by atoms with Gasteiger partial charge in [0.25, 0.3) is 16.6 Å². The van der Waals surface area contributed by atoms with E-state index in [0.717, 1.165) is 64.6 Å². The molecule has 1 fully saturated rings. The number of unbranched alkanes of at least 4 members (excludes halogenated alkanes) is 2. The molecule has 0 radical (unpaired) electrons. The smallest absolute Gasteiger partial charge is 0.276 e. The Balaban J connectivity index is 0.00000267. The first-order valence-corrected chi connectivity index (χ1v) is 13.3. The number of thioether (sulfide) groups is 1. The van der Waals surface area contributed by atoms with Gasteiger partial charge in [0, 0.05) is 57.0 Å². The minimum Gasteiger partial charge on any atom is -0.416 e. The van der Waals surface area contributed by atoms with Gasteiger partial charge in [-0.1, -0.05) is 48.5 Å². The topological polar surface area (TPSA) is 132 Å². The number of aryl methyl sites for hydroxylation is 1. The molecule has 0 spiro atoms. The Kier molecular flexibility index (Phi) is 13.6. The molecule has 14 heteroatoms. The third-order valence-electron chi connectivity index (χ3n) is 6.27. The van der Waals surface area contributed by atoms with Crippen LogP contribution in [0.5, 0.6) is 0 Å². The van der Waals surface area contributed by atoms with Gasteiger partial charge in [-0.3, -0.25) is 25.1 Å². The number of piperazine rings is 1. The molecule has 1 aliphatic rings. The molecule has 11 nitrogen and oxygen atoms in total. The zero-order chi connectivity index (χ0) is 26.0. The van der Waals surface area contributed by atoms with Gasteiger partial charge < -0.3 is 9.32 Å². The Labute approximate surface area is 243 Å². The second-order valence-corrected chi connectivity index (χ2v) is 9.96. The number of hydrogen-bond donors (Lipinski definition) is 0. The quantitative estimate of drug-likeness (QED) is 0.107. The lowest BCUT2D eigenvalue weighted by Crippen LogP contribution is -2.46. The van der Waals surface area contributed by atoms with Crippen molar-refractivity contribution in [3.8, 4) is 0 Å². The Hall–Kier alpha value is -2.77. The second kappa shape index (κ2) is 16.4. The fourth-order valence-corrected chi connectivity index (χ4v) is 5.00. The van der Waals surface area contributed by atoms with E-state index < -0.39 is 9.85 Å². The van der Waals surface area contributed by atoms with E-state index >= 15 is 0 Å². The number of rotatable bonds is 13. The fraction of sp³-hybridized carbons (Fsp3) is 0.440. The molecule has 2 aromatic carbocycles. The first-order valence-electron chi connectivity index (χ1n) is 12.3. The van der Waals surface area contributed by atoms with Crippen LogP contribution < -0.4 is 0 Å². The maximum atomic E-state index is 11.0. The molecule has 0 amide bonds. The van der Waals surface area contributed by atoms with Crippen molar-refractivity contribution in [3.63, 3.8) is 0 Å². The number of aromatic nitrogens is 2. The van der Waals surface area contributed by atoms with Crippen molar-refractivity contribution < 1.29 is 14.3 Å². The monoisotopic (exact) mass is 598 g/mol. The minimum atomic E-state index is -0.641. The third-order valence-corrected chi connectivity index (χ3v) is 7.16. The summed E-state index contributed by atoms with van der Waals surface area (Å²) in [7, 11) is 0. The standard InChI is InChI=1S/C25H30N6O5S.2ClH/c32-30(33)22-15-21(16-23(17-22)31(34)35)19-37-25-27-26-24(36-25)9-5-2-6-10-28-11-13-29(14-12-28)18-20-7-3-1-4-8-20;;/h1,3-4,7-8,15-17H,2,5-6,9-14,18-19H2;2*1H. The van der Waals surface area contributed by atoms with Crippen molar-refractivity contribution in [1.29, 1.82) is 0 Å². The summed E-state index contributed by atoms with van der Waals surface area (Å²) in [5.74, 6) is 0.810.